The van der Waals surface area contributed by atoms with Crippen LogP contribution in [-0.4, -0.2) is 45.3 Å². The van der Waals surface area contributed by atoms with Gasteiger partial charge in [-0.25, -0.2) is 0 Å². The van der Waals surface area contributed by atoms with E-state index in [4.69, 9.17) is 17.2 Å². The molecule has 0 aliphatic rings. The number of nitrogens with two attached hydrogens (primary N) is 3. The van der Waals surface area contributed by atoms with Gasteiger partial charge in [0.25, 0.3) is 0 Å². The second-order valence-corrected chi connectivity index (χ2v) is 3.36. The van der Waals surface area contributed by atoms with Crippen LogP contribution in [0.15, 0.2) is 0 Å². The van der Waals surface area contributed by atoms with Gasteiger partial charge in [0.2, 0.25) is 0 Å². The zero-order chi connectivity index (χ0) is 10.6. The smallest absolute Gasteiger partial charge is 0.0193 e. The maximum absolute atomic E-state index is 5.47. The van der Waals surface area contributed by atoms with E-state index in [-0.39, 0.29) is 0 Å². The Bertz CT molecular complexity index is 101. The topological polar surface area (TPSA) is 102 Å². The van der Waals surface area contributed by atoms with Crippen molar-refractivity contribution in [3.05, 3.63) is 0 Å². The normalized spacial score (nSPS) is 13.1. The number of rotatable bonds is 10. The quantitative estimate of drug-likeness (QED) is 0.269. The van der Waals surface area contributed by atoms with Gasteiger partial charge in [0, 0.05) is 38.8 Å². The highest BCUT2D eigenvalue weighted by Crippen LogP contribution is 1.94. The van der Waals surface area contributed by atoms with Crippen molar-refractivity contribution in [3.63, 3.8) is 0 Å². The first-order chi connectivity index (χ1) is 6.85. The molecule has 0 radical (unpaired) electrons. The van der Waals surface area contributed by atoms with Crippen LogP contribution in [0, 0.1) is 0 Å². The van der Waals surface area contributed by atoms with Gasteiger partial charge in [-0.2, -0.15) is 0 Å². The highest BCUT2D eigenvalue weighted by atomic mass is 15.0. The molecular weight excluding hydrogens is 178 g/mol. The molecule has 1 atom stereocenters. The summed E-state index contributed by atoms with van der Waals surface area (Å²) >= 11 is 0. The predicted molar refractivity (Wildman–Crippen MR) is 61.1 cm³/mol. The van der Waals surface area contributed by atoms with Crippen LogP contribution < -0.4 is 27.8 Å². The lowest BCUT2D eigenvalue weighted by Crippen LogP contribution is -2.42. The molecule has 0 saturated carbocycles. The van der Waals surface area contributed by atoms with E-state index in [9.17, 15) is 0 Å². The fourth-order valence-electron chi connectivity index (χ4n) is 1.31. The van der Waals surface area contributed by atoms with E-state index in [1.54, 1.807) is 0 Å². The first-order valence-electron chi connectivity index (χ1n) is 5.39. The van der Waals surface area contributed by atoms with Crippen LogP contribution in [0.1, 0.15) is 12.8 Å². The highest BCUT2D eigenvalue weighted by Gasteiger charge is 2.05. The number of nitrogens with one attached hydrogen (secondary N) is 2. The van der Waals surface area contributed by atoms with Crippen LogP contribution in [0.4, 0.5) is 0 Å². The van der Waals surface area contributed by atoms with Gasteiger partial charge in [-0.15, -0.1) is 0 Å². The monoisotopic (exact) mass is 203 g/mol. The summed E-state index contributed by atoms with van der Waals surface area (Å²) in [4.78, 5) is 0. The van der Waals surface area contributed by atoms with E-state index in [1.165, 1.54) is 0 Å². The molecule has 5 heteroatoms. The summed E-state index contributed by atoms with van der Waals surface area (Å²) in [5, 5.41) is 6.66. The number of hydrogen-bond donors (Lipinski definition) is 5. The van der Waals surface area contributed by atoms with Crippen molar-refractivity contribution >= 4 is 0 Å². The van der Waals surface area contributed by atoms with Crippen molar-refractivity contribution in [3.8, 4) is 0 Å². The molecule has 0 aromatic carbocycles. The summed E-state index contributed by atoms with van der Waals surface area (Å²) in [6.45, 7) is 4.77. The minimum Gasteiger partial charge on any atom is -0.330 e. The summed E-state index contributed by atoms with van der Waals surface area (Å²) < 4.78 is 0. The SMILES string of the molecule is NCCCC(CNCCN)NCCN. The van der Waals surface area contributed by atoms with Gasteiger partial charge in [-0.1, -0.05) is 0 Å². The standard InChI is InChI=1S/C9H25N5/c10-3-1-2-9(14-7-5-12)8-13-6-4-11/h9,13-14H,1-8,10-12H2. The fourth-order valence-corrected chi connectivity index (χ4v) is 1.31. The molecule has 0 aromatic heterocycles. The molecule has 0 heterocycles. The van der Waals surface area contributed by atoms with Crippen LogP contribution in [0.5, 0.6) is 0 Å². The van der Waals surface area contributed by atoms with E-state index in [0.29, 0.717) is 19.1 Å². The second kappa shape index (κ2) is 10.9. The molecule has 0 bridgehead atoms. The van der Waals surface area contributed by atoms with Gasteiger partial charge in [-0.3, -0.25) is 0 Å². The predicted octanol–water partition coefficient (Wildman–Crippen LogP) is -1.81. The van der Waals surface area contributed by atoms with E-state index in [0.717, 1.165) is 39.0 Å². The van der Waals surface area contributed by atoms with Crippen molar-refractivity contribution < 1.29 is 0 Å². The van der Waals surface area contributed by atoms with Gasteiger partial charge in [0.05, 0.1) is 0 Å². The Kier molecular flexibility index (Phi) is 10.7. The average molecular weight is 203 g/mol. The van der Waals surface area contributed by atoms with Crippen LogP contribution in [0.2, 0.25) is 0 Å². The van der Waals surface area contributed by atoms with Crippen molar-refractivity contribution in [1.29, 1.82) is 0 Å². The molecule has 5 nitrogen and oxygen atoms in total. The summed E-state index contributed by atoms with van der Waals surface area (Å²) in [6.07, 6.45) is 2.14. The van der Waals surface area contributed by atoms with E-state index < -0.39 is 0 Å². The van der Waals surface area contributed by atoms with Gasteiger partial charge >= 0.3 is 0 Å². The Balaban J connectivity index is 3.49. The van der Waals surface area contributed by atoms with E-state index in [2.05, 4.69) is 10.6 Å². The van der Waals surface area contributed by atoms with Gasteiger partial charge in [0.15, 0.2) is 0 Å². The summed E-state index contributed by atoms with van der Waals surface area (Å²) in [6, 6.07) is 0.466. The molecule has 0 rings (SSSR count). The first kappa shape index (κ1) is 13.8. The molecule has 0 fully saturated rings. The van der Waals surface area contributed by atoms with Crippen LogP contribution in [-0.2, 0) is 0 Å². The third kappa shape index (κ3) is 8.40. The molecule has 0 aliphatic carbocycles. The summed E-state index contributed by atoms with van der Waals surface area (Å²) in [5.74, 6) is 0. The summed E-state index contributed by atoms with van der Waals surface area (Å²) in [5.41, 5.74) is 16.3. The molecule has 14 heavy (non-hydrogen) atoms. The second-order valence-electron chi connectivity index (χ2n) is 3.36. The molecular formula is C9H25N5. The highest BCUT2D eigenvalue weighted by molar-refractivity contribution is 4.70. The maximum atomic E-state index is 5.47. The minimum absolute atomic E-state index is 0.466. The zero-order valence-corrected chi connectivity index (χ0v) is 8.97. The molecule has 0 saturated heterocycles. The first-order valence-corrected chi connectivity index (χ1v) is 5.39. The minimum atomic E-state index is 0.466. The molecule has 0 aliphatic heterocycles. The zero-order valence-electron chi connectivity index (χ0n) is 8.97. The Morgan fingerprint density at radius 1 is 0.929 bits per heavy atom. The molecule has 0 aromatic rings. The molecule has 86 valence electrons. The van der Waals surface area contributed by atoms with Crippen molar-refractivity contribution in [2.45, 2.75) is 18.9 Å². The lowest BCUT2D eigenvalue weighted by atomic mass is 10.1. The molecule has 0 spiro atoms. The van der Waals surface area contributed by atoms with Gasteiger partial charge in [-0.05, 0) is 19.4 Å². The van der Waals surface area contributed by atoms with E-state index >= 15 is 0 Å². The maximum Gasteiger partial charge on any atom is 0.0193 e. The molecule has 1 unspecified atom stereocenters. The van der Waals surface area contributed by atoms with Gasteiger partial charge in [0.1, 0.15) is 0 Å². The Labute approximate surface area is 86.8 Å². The lowest BCUT2D eigenvalue weighted by Gasteiger charge is -2.18. The van der Waals surface area contributed by atoms with Crippen LogP contribution in [0.25, 0.3) is 0 Å². The van der Waals surface area contributed by atoms with Gasteiger partial charge < -0.3 is 27.8 Å². The molecule has 8 N–H and O–H groups in total. The third-order valence-electron chi connectivity index (χ3n) is 2.05. The molecule has 0 amide bonds. The van der Waals surface area contributed by atoms with Crippen LogP contribution in [0.3, 0.4) is 0 Å². The van der Waals surface area contributed by atoms with E-state index in [1.807, 2.05) is 0 Å². The third-order valence-corrected chi connectivity index (χ3v) is 2.05. The fraction of sp³-hybridized carbons (Fsp3) is 1.00. The van der Waals surface area contributed by atoms with Crippen molar-refractivity contribution in [1.82, 2.24) is 10.6 Å². The lowest BCUT2D eigenvalue weighted by molar-refractivity contribution is 0.447. The van der Waals surface area contributed by atoms with Crippen molar-refractivity contribution in [2.24, 2.45) is 17.2 Å². The Morgan fingerprint density at radius 3 is 2.21 bits per heavy atom. The van der Waals surface area contributed by atoms with Crippen molar-refractivity contribution in [2.75, 3.05) is 39.3 Å². The largest absolute Gasteiger partial charge is 0.330 e. The number of hydrogen-bond acceptors (Lipinski definition) is 5. The Morgan fingerprint density at radius 2 is 1.64 bits per heavy atom. The summed E-state index contributed by atoms with van der Waals surface area (Å²) in [7, 11) is 0. The Hall–Kier alpha value is -0.200. The average Bonchev–Trinajstić information content (AvgIpc) is 2.21. The van der Waals surface area contributed by atoms with Crippen LogP contribution >= 0.6 is 0 Å².